The molecule has 1 heterocycles. The van der Waals surface area contributed by atoms with E-state index < -0.39 is 9.15 Å². The molecule has 0 aliphatic heterocycles. The van der Waals surface area contributed by atoms with Crippen LogP contribution in [0.5, 0.6) is 0 Å². The van der Waals surface area contributed by atoms with E-state index in [0.717, 1.165) is 0 Å². The lowest BCUT2D eigenvalue weighted by Gasteiger charge is -2.04. The Morgan fingerprint density at radius 2 is 2.00 bits per heavy atom. The molecule has 1 rings (SSSR count). The van der Waals surface area contributed by atoms with Crippen LogP contribution < -0.4 is 0 Å². The van der Waals surface area contributed by atoms with E-state index in [1.54, 1.807) is 6.07 Å². The topological polar surface area (TPSA) is 42.9 Å². The van der Waals surface area contributed by atoms with Crippen LogP contribution in [0.25, 0.3) is 0 Å². The third-order valence-electron chi connectivity index (χ3n) is 0.909. The third-order valence-corrected chi connectivity index (χ3v) is 2.31. The Balaban J connectivity index is 3.09. The summed E-state index contributed by atoms with van der Waals surface area (Å²) in [5, 5.41) is 0.219. The van der Waals surface area contributed by atoms with Crippen LogP contribution in [0.4, 0.5) is 0 Å². The van der Waals surface area contributed by atoms with Gasteiger partial charge < -0.3 is 0 Å². The normalized spacial score (nSPS) is 13.0. The average molecular weight is 179 g/mol. The first-order valence-corrected chi connectivity index (χ1v) is 5.71. The minimum atomic E-state index is -2.77. The number of hydrogen-bond donors (Lipinski definition) is 1. The molecule has 0 radical (unpaired) electrons. The number of aromatic nitrogens is 2. The maximum atomic E-state index is 11.1. The molecule has 10 heavy (non-hydrogen) atoms. The lowest BCUT2D eigenvalue weighted by Crippen LogP contribution is -2.04. The van der Waals surface area contributed by atoms with Crippen LogP contribution in [0.3, 0.4) is 0 Å². The van der Waals surface area contributed by atoms with E-state index in [1.165, 1.54) is 18.6 Å². The lowest BCUT2D eigenvalue weighted by molar-refractivity contribution is 0.676. The zero-order valence-electron chi connectivity index (χ0n) is 5.36. The Hall–Kier alpha value is -0.480. The molecule has 1 aromatic rings. The molecule has 5 heteroatoms. The third kappa shape index (κ3) is 1.75. The van der Waals surface area contributed by atoms with Gasteiger partial charge in [-0.15, -0.1) is 0 Å². The summed E-state index contributed by atoms with van der Waals surface area (Å²) in [6.45, 7) is 0. The van der Waals surface area contributed by atoms with Crippen molar-refractivity contribution in [2.24, 2.45) is 0 Å². The van der Waals surface area contributed by atoms with Gasteiger partial charge in [0.15, 0.2) is 0 Å². The summed E-state index contributed by atoms with van der Waals surface area (Å²) in [5.74, 6) is 0. The Bertz CT molecular complexity index is 258. The van der Waals surface area contributed by atoms with Crippen molar-refractivity contribution >= 4 is 19.8 Å². The molecule has 0 aliphatic carbocycles. The lowest BCUT2D eigenvalue weighted by atomic mass is 10.7. The first-order chi connectivity index (χ1) is 4.61. The van der Waals surface area contributed by atoms with Crippen LogP contribution in [0.2, 0.25) is 0 Å². The summed E-state index contributed by atoms with van der Waals surface area (Å²) in [7, 11) is 2.72. The van der Waals surface area contributed by atoms with E-state index in [-0.39, 0.29) is 5.16 Å². The predicted octanol–water partition coefficient (Wildman–Crippen LogP) is 0.636. The summed E-state index contributed by atoms with van der Waals surface area (Å²) in [6.07, 6.45) is 4.45. The molecular formula is C5H7ClN2OS. The second-order valence-corrected chi connectivity index (χ2v) is 5.84. The zero-order valence-corrected chi connectivity index (χ0v) is 7.01. The highest BCUT2D eigenvalue weighted by atomic mass is 35.7. The van der Waals surface area contributed by atoms with Gasteiger partial charge in [-0.1, -0.05) is 0 Å². The van der Waals surface area contributed by atoms with Gasteiger partial charge in [0.05, 0.1) is 0 Å². The van der Waals surface area contributed by atoms with Crippen molar-refractivity contribution in [3.8, 4) is 0 Å². The van der Waals surface area contributed by atoms with Crippen LogP contribution in [-0.2, 0) is 9.15 Å². The molecule has 1 aromatic heterocycles. The SMILES string of the molecule is C[SH](=O)(Cl)c1ncccn1. The van der Waals surface area contributed by atoms with Gasteiger partial charge in [0.1, 0.15) is 0 Å². The van der Waals surface area contributed by atoms with Gasteiger partial charge in [-0.05, 0) is 16.7 Å². The van der Waals surface area contributed by atoms with Crippen LogP contribution in [0.15, 0.2) is 23.6 Å². The summed E-state index contributed by atoms with van der Waals surface area (Å²) in [4.78, 5) is 7.49. The van der Waals surface area contributed by atoms with Crippen molar-refractivity contribution in [1.29, 1.82) is 0 Å². The van der Waals surface area contributed by atoms with E-state index >= 15 is 0 Å². The molecule has 0 aliphatic rings. The summed E-state index contributed by atoms with van der Waals surface area (Å²) < 4.78 is 11.1. The Labute approximate surface area is 64.4 Å². The van der Waals surface area contributed by atoms with Crippen molar-refractivity contribution in [3.05, 3.63) is 18.5 Å². The van der Waals surface area contributed by atoms with Crippen molar-refractivity contribution in [2.75, 3.05) is 6.26 Å². The molecule has 0 saturated carbocycles. The number of rotatable bonds is 1. The molecular weight excluding hydrogens is 172 g/mol. The maximum absolute atomic E-state index is 11.1. The van der Waals surface area contributed by atoms with Crippen molar-refractivity contribution in [1.82, 2.24) is 9.97 Å². The predicted molar refractivity (Wildman–Crippen MR) is 41.6 cm³/mol. The molecule has 0 spiro atoms. The van der Waals surface area contributed by atoms with Gasteiger partial charge in [0, 0.05) is 27.8 Å². The fraction of sp³-hybridized carbons (Fsp3) is 0.200. The van der Waals surface area contributed by atoms with E-state index in [0.29, 0.717) is 0 Å². The second kappa shape index (κ2) is 2.64. The van der Waals surface area contributed by atoms with E-state index in [4.69, 9.17) is 10.7 Å². The highest BCUT2D eigenvalue weighted by molar-refractivity contribution is 8.23. The summed E-state index contributed by atoms with van der Waals surface area (Å²) >= 11 is 0. The minimum Gasteiger partial charge on any atom is -0.263 e. The van der Waals surface area contributed by atoms with Crippen LogP contribution in [-0.4, -0.2) is 20.4 Å². The molecule has 0 bridgehead atoms. The fourth-order valence-corrected chi connectivity index (χ4v) is 1.31. The van der Waals surface area contributed by atoms with E-state index in [1.807, 2.05) is 0 Å². The minimum absolute atomic E-state index is 0.219. The largest absolute Gasteiger partial charge is 0.263 e. The number of hydrogen-bond acceptors (Lipinski definition) is 3. The van der Waals surface area contributed by atoms with Gasteiger partial charge in [0.2, 0.25) is 5.16 Å². The van der Waals surface area contributed by atoms with Gasteiger partial charge >= 0.3 is 0 Å². The highest BCUT2D eigenvalue weighted by Crippen LogP contribution is 2.13. The number of halogens is 1. The van der Waals surface area contributed by atoms with E-state index in [9.17, 15) is 4.21 Å². The highest BCUT2D eigenvalue weighted by Gasteiger charge is 2.08. The molecule has 0 fully saturated rings. The van der Waals surface area contributed by atoms with Crippen LogP contribution >= 0.6 is 10.7 Å². The Morgan fingerprint density at radius 3 is 2.30 bits per heavy atom. The van der Waals surface area contributed by atoms with Gasteiger partial charge in [0.25, 0.3) is 0 Å². The molecule has 0 atom stereocenters. The maximum Gasteiger partial charge on any atom is 0.207 e. The molecule has 0 saturated heterocycles. The molecule has 3 nitrogen and oxygen atoms in total. The quantitative estimate of drug-likeness (QED) is 0.390. The first-order valence-electron chi connectivity index (χ1n) is 2.65. The molecule has 56 valence electrons. The van der Waals surface area contributed by atoms with Gasteiger partial charge in [-0.2, -0.15) is 0 Å². The van der Waals surface area contributed by atoms with Crippen LogP contribution in [0.1, 0.15) is 0 Å². The number of nitrogens with zero attached hydrogens (tertiary/aromatic N) is 2. The summed E-state index contributed by atoms with van der Waals surface area (Å²) in [6, 6.07) is 1.65. The fourth-order valence-electron chi connectivity index (χ4n) is 0.497. The van der Waals surface area contributed by atoms with Gasteiger partial charge in [-0.25, -0.2) is 9.97 Å². The van der Waals surface area contributed by atoms with Crippen LogP contribution in [0, 0.1) is 0 Å². The first kappa shape index (κ1) is 7.63. The van der Waals surface area contributed by atoms with Crippen molar-refractivity contribution < 1.29 is 4.21 Å². The zero-order chi connectivity index (χ0) is 7.61. The Kier molecular flexibility index (Phi) is 2.01. The second-order valence-electron chi connectivity index (χ2n) is 1.87. The molecule has 0 aromatic carbocycles. The Morgan fingerprint density at radius 1 is 1.50 bits per heavy atom. The smallest absolute Gasteiger partial charge is 0.207 e. The molecule has 0 N–H and O–H groups in total. The molecule has 0 unspecified atom stereocenters. The van der Waals surface area contributed by atoms with Crippen molar-refractivity contribution in [3.63, 3.8) is 0 Å². The monoisotopic (exact) mass is 178 g/mol. The average Bonchev–Trinajstić information content (AvgIpc) is 1.88. The van der Waals surface area contributed by atoms with Gasteiger partial charge in [-0.3, -0.25) is 4.21 Å². The standard InChI is InChI=1S/C5H7ClN2OS/c1-10(6,9)5-7-3-2-4-8-5/h2-4,10H,1H3. The molecule has 0 amide bonds. The number of thiol groups is 1. The van der Waals surface area contributed by atoms with E-state index in [2.05, 4.69) is 9.97 Å². The summed E-state index contributed by atoms with van der Waals surface area (Å²) in [5.41, 5.74) is 0. The van der Waals surface area contributed by atoms with Crippen molar-refractivity contribution in [2.45, 2.75) is 5.16 Å².